The highest BCUT2D eigenvalue weighted by Crippen LogP contribution is 2.44. The SMILES string of the molecule is O=C1OC(F)(F)C(c2ccccc2)N1C(=O)C1COC(CBr)C1. The third-order valence-corrected chi connectivity index (χ3v) is 4.67. The first-order chi connectivity index (χ1) is 10.9. The number of nitrogens with zero attached hydrogens (tertiary/aromatic N) is 1. The number of cyclic esters (lactones) is 1. The van der Waals surface area contributed by atoms with E-state index in [0.29, 0.717) is 16.7 Å². The molecule has 8 heteroatoms. The second kappa shape index (κ2) is 6.16. The molecule has 0 saturated carbocycles. The van der Waals surface area contributed by atoms with Crippen LogP contribution in [0.4, 0.5) is 13.6 Å². The van der Waals surface area contributed by atoms with Gasteiger partial charge in [0.25, 0.3) is 0 Å². The number of benzene rings is 1. The van der Waals surface area contributed by atoms with E-state index in [4.69, 9.17) is 4.74 Å². The number of imide groups is 1. The molecule has 1 aromatic carbocycles. The molecule has 23 heavy (non-hydrogen) atoms. The fraction of sp³-hybridized carbons (Fsp3) is 0.467. The molecule has 0 aromatic heterocycles. The normalized spacial score (nSPS) is 29.6. The number of carbonyl (C=O) groups is 2. The Morgan fingerprint density at radius 2 is 2.04 bits per heavy atom. The highest BCUT2D eigenvalue weighted by atomic mass is 79.9. The van der Waals surface area contributed by atoms with Gasteiger partial charge in [0.2, 0.25) is 5.91 Å². The summed E-state index contributed by atoms with van der Waals surface area (Å²) >= 11 is 3.25. The summed E-state index contributed by atoms with van der Waals surface area (Å²) < 4.78 is 37.8. The first-order valence-corrected chi connectivity index (χ1v) is 8.22. The van der Waals surface area contributed by atoms with Gasteiger partial charge in [-0.2, -0.15) is 8.78 Å². The number of hydrogen-bond donors (Lipinski definition) is 0. The summed E-state index contributed by atoms with van der Waals surface area (Å²) in [6.45, 7) is 0.103. The number of hydrogen-bond acceptors (Lipinski definition) is 4. The van der Waals surface area contributed by atoms with Gasteiger partial charge < -0.3 is 9.47 Å². The van der Waals surface area contributed by atoms with E-state index < -0.39 is 30.1 Å². The van der Waals surface area contributed by atoms with E-state index in [-0.39, 0.29) is 18.3 Å². The molecule has 5 nitrogen and oxygen atoms in total. The Balaban J connectivity index is 1.89. The third-order valence-electron chi connectivity index (χ3n) is 3.95. The highest BCUT2D eigenvalue weighted by Gasteiger charge is 2.60. The van der Waals surface area contributed by atoms with E-state index in [1.54, 1.807) is 18.2 Å². The zero-order valence-electron chi connectivity index (χ0n) is 12.0. The topological polar surface area (TPSA) is 55.8 Å². The van der Waals surface area contributed by atoms with Crippen LogP contribution in [0.15, 0.2) is 30.3 Å². The number of carbonyl (C=O) groups excluding carboxylic acids is 2. The van der Waals surface area contributed by atoms with Crippen molar-refractivity contribution in [2.45, 2.75) is 24.7 Å². The van der Waals surface area contributed by atoms with Gasteiger partial charge in [0.05, 0.1) is 18.6 Å². The Morgan fingerprint density at radius 1 is 1.35 bits per heavy atom. The summed E-state index contributed by atoms with van der Waals surface area (Å²) in [7, 11) is 0. The molecule has 0 spiro atoms. The number of alkyl halides is 3. The molecule has 3 unspecified atom stereocenters. The Bertz CT molecular complexity index is 613. The van der Waals surface area contributed by atoms with Crippen molar-refractivity contribution in [3.63, 3.8) is 0 Å². The van der Waals surface area contributed by atoms with Gasteiger partial charge in [-0.1, -0.05) is 46.3 Å². The van der Waals surface area contributed by atoms with Crippen LogP contribution in [0.3, 0.4) is 0 Å². The Hall–Kier alpha value is -1.54. The first kappa shape index (κ1) is 16.3. The molecule has 0 aliphatic carbocycles. The van der Waals surface area contributed by atoms with Crippen molar-refractivity contribution in [2.75, 3.05) is 11.9 Å². The molecule has 2 aliphatic heterocycles. The van der Waals surface area contributed by atoms with Crippen LogP contribution >= 0.6 is 15.9 Å². The molecule has 0 bridgehead atoms. The second-order valence-electron chi connectivity index (χ2n) is 5.49. The molecule has 124 valence electrons. The Morgan fingerprint density at radius 3 is 2.65 bits per heavy atom. The predicted octanol–water partition coefficient (Wildman–Crippen LogP) is 3.10. The maximum absolute atomic E-state index is 14.1. The van der Waals surface area contributed by atoms with Gasteiger partial charge >= 0.3 is 12.2 Å². The van der Waals surface area contributed by atoms with Crippen LogP contribution in [0.1, 0.15) is 18.0 Å². The van der Waals surface area contributed by atoms with E-state index in [0.717, 1.165) is 0 Å². The molecule has 3 rings (SSSR count). The van der Waals surface area contributed by atoms with Crippen molar-refractivity contribution in [1.29, 1.82) is 0 Å². The minimum atomic E-state index is -3.76. The van der Waals surface area contributed by atoms with E-state index in [9.17, 15) is 18.4 Å². The quantitative estimate of drug-likeness (QED) is 0.745. The van der Waals surface area contributed by atoms with Crippen LogP contribution in [0, 0.1) is 5.92 Å². The molecule has 3 atom stereocenters. The van der Waals surface area contributed by atoms with Gasteiger partial charge in [0, 0.05) is 5.33 Å². The van der Waals surface area contributed by atoms with Crippen molar-refractivity contribution in [2.24, 2.45) is 5.92 Å². The minimum absolute atomic E-state index is 0.103. The average molecular weight is 390 g/mol. The van der Waals surface area contributed by atoms with Gasteiger partial charge in [0.1, 0.15) is 0 Å². The molecule has 0 radical (unpaired) electrons. The number of rotatable bonds is 3. The number of ether oxygens (including phenoxy) is 2. The lowest BCUT2D eigenvalue weighted by atomic mass is 10.0. The predicted molar refractivity (Wildman–Crippen MR) is 79.1 cm³/mol. The lowest BCUT2D eigenvalue weighted by molar-refractivity contribution is -0.195. The van der Waals surface area contributed by atoms with Crippen molar-refractivity contribution in [1.82, 2.24) is 4.90 Å². The molecule has 1 aromatic rings. The van der Waals surface area contributed by atoms with Crippen LogP contribution in [-0.2, 0) is 14.3 Å². The lowest BCUT2D eigenvalue weighted by Gasteiger charge is -2.24. The van der Waals surface area contributed by atoms with Gasteiger partial charge in [-0.15, -0.1) is 0 Å². The average Bonchev–Trinajstić information content (AvgIpc) is 3.09. The van der Waals surface area contributed by atoms with Gasteiger partial charge in [-0.3, -0.25) is 4.79 Å². The van der Waals surface area contributed by atoms with Gasteiger partial charge in [-0.05, 0) is 12.0 Å². The van der Waals surface area contributed by atoms with E-state index in [1.807, 2.05) is 0 Å². The van der Waals surface area contributed by atoms with Crippen molar-refractivity contribution in [3.8, 4) is 0 Å². The van der Waals surface area contributed by atoms with Crippen molar-refractivity contribution in [3.05, 3.63) is 35.9 Å². The smallest absolute Gasteiger partial charge is 0.382 e. The van der Waals surface area contributed by atoms with Crippen LogP contribution < -0.4 is 0 Å². The van der Waals surface area contributed by atoms with Crippen LogP contribution in [0.2, 0.25) is 0 Å². The van der Waals surface area contributed by atoms with Crippen LogP contribution in [0.25, 0.3) is 0 Å². The second-order valence-corrected chi connectivity index (χ2v) is 6.14. The molecule has 2 amide bonds. The molecule has 0 N–H and O–H groups in total. The van der Waals surface area contributed by atoms with Gasteiger partial charge in [0.15, 0.2) is 6.04 Å². The van der Waals surface area contributed by atoms with Crippen molar-refractivity contribution < 1.29 is 27.8 Å². The molecular formula is C15H14BrF2NO4. The Kier molecular flexibility index (Phi) is 4.37. The van der Waals surface area contributed by atoms with E-state index in [1.165, 1.54) is 12.1 Å². The summed E-state index contributed by atoms with van der Waals surface area (Å²) in [5, 5.41) is 0.541. The fourth-order valence-corrected chi connectivity index (χ4v) is 3.31. The highest BCUT2D eigenvalue weighted by molar-refractivity contribution is 9.09. The standard InChI is InChI=1S/C15H14BrF2NO4/c16-7-11-6-10(8-22-11)13(20)19-12(9-4-2-1-3-5-9)15(17,18)23-14(19)21/h1-5,10-12H,6-8H2. The minimum Gasteiger partial charge on any atom is -0.382 e. The monoisotopic (exact) mass is 389 g/mol. The Labute approximate surface area is 139 Å². The van der Waals surface area contributed by atoms with Gasteiger partial charge in [-0.25, -0.2) is 9.69 Å². The molecule has 2 heterocycles. The summed E-state index contributed by atoms with van der Waals surface area (Å²) in [6.07, 6.45) is -4.88. The van der Waals surface area contributed by atoms with Crippen LogP contribution in [0.5, 0.6) is 0 Å². The number of halogens is 3. The summed E-state index contributed by atoms with van der Waals surface area (Å²) in [5.74, 6) is -1.32. The molecule has 2 fully saturated rings. The maximum Gasteiger partial charge on any atom is 0.427 e. The maximum atomic E-state index is 14.1. The van der Waals surface area contributed by atoms with E-state index in [2.05, 4.69) is 20.7 Å². The summed E-state index contributed by atoms with van der Waals surface area (Å²) in [4.78, 5) is 25.0. The number of amides is 2. The van der Waals surface area contributed by atoms with Crippen LogP contribution in [-0.4, -0.2) is 41.0 Å². The third kappa shape index (κ3) is 2.97. The lowest BCUT2D eigenvalue weighted by Crippen LogP contribution is -2.41. The zero-order valence-corrected chi connectivity index (χ0v) is 13.5. The molecule has 2 aliphatic rings. The van der Waals surface area contributed by atoms with Crippen molar-refractivity contribution >= 4 is 27.9 Å². The summed E-state index contributed by atoms with van der Waals surface area (Å²) in [5.41, 5.74) is 0.146. The van der Waals surface area contributed by atoms with E-state index >= 15 is 0 Å². The first-order valence-electron chi connectivity index (χ1n) is 7.10. The fourth-order valence-electron chi connectivity index (χ4n) is 2.85. The largest absolute Gasteiger partial charge is 0.427 e. The summed E-state index contributed by atoms with van der Waals surface area (Å²) in [6, 6.07) is 5.91. The molecular weight excluding hydrogens is 376 g/mol. The molecule has 2 saturated heterocycles. The zero-order chi connectivity index (χ0) is 16.6.